The molecule has 0 spiro atoms. The van der Waals surface area contributed by atoms with E-state index in [1.807, 2.05) is 48.5 Å². The lowest BCUT2D eigenvalue weighted by atomic mass is 9.86. The number of rotatable bonds is 0. The molecule has 2 N–H and O–H groups in total. The molecule has 0 bridgehead atoms. The molecule has 0 radical (unpaired) electrons. The van der Waals surface area contributed by atoms with Crippen LogP contribution in [0.25, 0.3) is 38.8 Å². The number of nitriles is 1. The fourth-order valence-electron chi connectivity index (χ4n) is 4.52. The number of aryl methyl sites for hydroxylation is 2. The van der Waals surface area contributed by atoms with E-state index in [9.17, 15) is 10.1 Å². The number of aromatic nitrogens is 2. The molecule has 0 amide bonds. The molecule has 5 aromatic rings. The van der Waals surface area contributed by atoms with E-state index in [1.54, 1.807) is 4.40 Å². The summed E-state index contributed by atoms with van der Waals surface area (Å²) in [6, 6.07) is 17.6. The lowest BCUT2D eigenvalue weighted by Gasteiger charge is -2.20. The first-order valence-corrected chi connectivity index (χ1v) is 9.35. The largest absolute Gasteiger partial charge is 0.422 e. The second-order valence-corrected chi connectivity index (χ2v) is 7.24. The van der Waals surface area contributed by atoms with E-state index in [0.29, 0.717) is 28.8 Å². The molecule has 6 nitrogen and oxygen atoms in total. The number of hydrogen-bond donors (Lipinski definition) is 1. The van der Waals surface area contributed by atoms with Gasteiger partial charge in [-0.05, 0) is 30.5 Å². The molecule has 0 atom stereocenters. The van der Waals surface area contributed by atoms with Gasteiger partial charge in [-0.2, -0.15) is 5.26 Å². The summed E-state index contributed by atoms with van der Waals surface area (Å²) < 4.78 is 7.46. The fourth-order valence-corrected chi connectivity index (χ4v) is 4.52. The fraction of sp³-hybridized carbons (Fsp3) is 0.0870. The maximum absolute atomic E-state index is 13.1. The van der Waals surface area contributed by atoms with Crippen LogP contribution in [0.15, 0.2) is 57.7 Å². The minimum Gasteiger partial charge on any atom is -0.422 e. The molecule has 3 heterocycles. The number of para-hydroxylation sites is 2. The maximum Gasteiger partial charge on any atom is 0.347 e. The van der Waals surface area contributed by atoms with E-state index >= 15 is 0 Å². The Labute approximate surface area is 164 Å². The summed E-state index contributed by atoms with van der Waals surface area (Å²) in [6.45, 7) is 0. The van der Waals surface area contributed by atoms with Crippen molar-refractivity contribution in [3.8, 4) is 17.4 Å². The van der Waals surface area contributed by atoms with E-state index < -0.39 is 5.63 Å². The Balaban J connectivity index is 1.89. The molecule has 0 unspecified atom stereocenters. The van der Waals surface area contributed by atoms with E-state index in [2.05, 4.69) is 11.1 Å². The van der Waals surface area contributed by atoms with Gasteiger partial charge in [0.1, 0.15) is 28.6 Å². The Morgan fingerprint density at radius 3 is 2.72 bits per heavy atom. The topological polar surface area (TPSA) is 97.3 Å². The van der Waals surface area contributed by atoms with Crippen LogP contribution in [-0.2, 0) is 12.8 Å². The van der Waals surface area contributed by atoms with Gasteiger partial charge in [-0.3, -0.25) is 4.40 Å². The van der Waals surface area contributed by atoms with E-state index in [1.165, 1.54) is 0 Å². The molecule has 138 valence electrons. The van der Waals surface area contributed by atoms with Gasteiger partial charge in [0.2, 0.25) is 0 Å². The second-order valence-electron chi connectivity index (χ2n) is 7.24. The van der Waals surface area contributed by atoms with Crippen LogP contribution in [0, 0.1) is 11.3 Å². The van der Waals surface area contributed by atoms with Crippen LogP contribution >= 0.6 is 0 Å². The van der Waals surface area contributed by atoms with Crippen molar-refractivity contribution in [2.24, 2.45) is 0 Å². The van der Waals surface area contributed by atoms with Crippen molar-refractivity contribution in [3.63, 3.8) is 0 Å². The highest BCUT2D eigenvalue weighted by atomic mass is 16.4. The van der Waals surface area contributed by atoms with Crippen molar-refractivity contribution in [1.82, 2.24) is 9.38 Å². The average molecular weight is 378 g/mol. The number of hydrogen-bond acceptors (Lipinski definition) is 5. The monoisotopic (exact) mass is 378 g/mol. The van der Waals surface area contributed by atoms with Gasteiger partial charge in [0.05, 0.1) is 11.0 Å². The Kier molecular flexibility index (Phi) is 2.99. The van der Waals surface area contributed by atoms with Crippen LogP contribution in [0.2, 0.25) is 0 Å². The predicted molar refractivity (Wildman–Crippen MR) is 111 cm³/mol. The van der Waals surface area contributed by atoms with Crippen LogP contribution in [0.3, 0.4) is 0 Å². The number of nitrogens with zero attached hydrogens (tertiary/aromatic N) is 3. The van der Waals surface area contributed by atoms with Gasteiger partial charge in [-0.1, -0.05) is 36.4 Å². The zero-order valence-electron chi connectivity index (χ0n) is 15.3. The molecule has 0 aliphatic heterocycles. The average Bonchev–Trinajstić information content (AvgIpc) is 3.13. The van der Waals surface area contributed by atoms with Gasteiger partial charge in [0.15, 0.2) is 5.65 Å². The van der Waals surface area contributed by atoms with Crippen LogP contribution in [-0.4, -0.2) is 9.38 Å². The second kappa shape index (κ2) is 5.46. The van der Waals surface area contributed by atoms with E-state index in [4.69, 9.17) is 10.2 Å². The number of nitrogens with two attached hydrogens (primary N) is 1. The van der Waals surface area contributed by atoms with Crippen LogP contribution in [0.5, 0.6) is 0 Å². The predicted octanol–water partition coefficient (Wildman–Crippen LogP) is 3.81. The van der Waals surface area contributed by atoms with Crippen molar-refractivity contribution >= 4 is 33.3 Å². The molecule has 2 aromatic carbocycles. The normalized spacial score (nSPS) is 12.8. The zero-order chi connectivity index (χ0) is 19.7. The summed E-state index contributed by atoms with van der Waals surface area (Å²) in [7, 11) is 0. The Morgan fingerprint density at radius 2 is 1.86 bits per heavy atom. The van der Waals surface area contributed by atoms with Crippen molar-refractivity contribution in [2.75, 3.05) is 5.73 Å². The summed E-state index contributed by atoms with van der Waals surface area (Å²) in [5.41, 5.74) is 11.1. The molecule has 0 saturated carbocycles. The third-order valence-corrected chi connectivity index (χ3v) is 5.77. The van der Waals surface area contributed by atoms with E-state index in [-0.39, 0.29) is 11.2 Å². The van der Waals surface area contributed by atoms with Crippen molar-refractivity contribution in [2.45, 2.75) is 12.8 Å². The number of anilines is 1. The van der Waals surface area contributed by atoms with E-state index in [0.717, 1.165) is 34.1 Å². The summed E-state index contributed by atoms with van der Waals surface area (Å²) in [6.07, 6.45) is 1.47. The quantitative estimate of drug-likeness (QED) is 0.442. The highest BCUT2D eigenvalue weighted by Gasteiger charge is 2.27. The van der Waals surface area contributed by atoms with Crippen LogP contribution < -0.4 is 11.4 Å². The molecule has 29 heavy (non-hydrogen) atoms. The molecule has 3 aromatic heterocycles. The summed E-state index contributed by atoms with van der Waals surface area (Å²) in [4.78, 5) is 17.7. The van der Waals surface area contributed by atoms with Gasteiger partial charge in [-0.15, -0.1) is 0 Å². The third kappa shape index (κ3) is 1.94. The van der Waals surface area contributed by atoms with Gasteiger partial charge in [-0.25, -0.2) is 9.78 Å². The molecule has 1 aliphatic carbocycles. The molecular formula is C23H14N4O2. The van der Waals surface area contributed by atoms with Crippen LogP contribution in [0.4, 0.5) is 5.82 Å². The molecule has 0 fully saturated rings. The SMILES string of the molecule is N#Cc1c2c3c(oc(=O)c2c(N)n2c1nc1ccccc12)-c1ccccc1CC3. The van der Waals surface area contributed by atoms with Crippen molar-refractivity contribution in [3.05, 3.63) is 75.6 Å². The van der Waals surface area contributed by atoms with Gasteiger partial charge in [0, 0.05) is 16.5 Å². The minimum atomic E-state index is -0.538. The Bertz CT molecular complexity index is 1600. The summed E-state index contributed by atoms with van der Waals surface area (Å²) in [5, 5.41) is 10.9. The van der Waals surface area contributed by atoms with Crippen molar-refractivity contribution < 1.29 is 4.42 Å². The van der Waals surface area contributed by atoms with Gasteiger partial charge in [0.25, 0.3) is 0 Å². The number of pyridine rings is 1. The first-order valence-electron chi connectivity index (χ1n) is 9.35. The Hall–Kier alpha value is -4.11. The lowest BCUT2D eigenvalue weighted by molar-refractivity contribution is 0.525. The molecule has 0 saturated heterocycles. The van der Waals surface area contributed by atoms with Gasteiger partial charge >= 0.3 is 5.63 Å². The molecule has 1 aliphatic rings. The summed E-state index contributed by atoms with van der Waals surface area (Å²) >= 11 is 0. The third-order valence-electron chi connectivity index (χ3n) is 5.77. The number of benzene rings is 2. The number of imidazole rings is 1. The summed E-state index contributed by atoms with van der Waals surface area (Å²) in [5.74, 6) is 0.777. The molecule has 6 heteroatoms. The first-order chi connectivity index (χ1) is 14.2. The van der Waals surface area contributed by atoms with Crippen LogP contribution in [0.1, 0.15) is 16.7 Å². The molecular weight excluding hydrogens is 364 g/mol. The minimum absolute atomic E-state index is 0.246. The zero-order valence-corrected chi connectivity index (χ0v) is 15.3. The number of fused-ring (bicyclic) bond motifs is 8. The highest BCUT2D eigenvalue weighted by molar-refractivity contribution is 6.05. The first kappa shape index (κ1) is 15.9. The highest BCUT2D eigenvalue weighted by Crippen LogP contribution is 2.40. The maximum atomic E-state index is 13.1. The van der Waals surface area contributed by atoms with Crippen molar-refractivity contribution in [1.29, 1.82) is 5.26 Å². The number of nitrogen functional groups attached to an aromatic ring is 1. The standard InChI is InChI=1S/C23H14N4O2/c24-11-15-18-14-10-9-12-5-1-2-6-13(12)20(14)29-23(28)19(18)21(25)27-17-8-4-3-7-16(17)26-22(15)27/h1-8H,9-10,25H2. The lowest BCUT2D eigenvalue weighted by Crippen LogP contribution is -2.15. The molecule has 6 rings (SSSR count). The Morgan fingerprint density at radius 1 is 1.07 bits per heavy atom. The van der Waals surface area contributed by atoms with Gasteiger partial charge < -0.3 is 10.2 Å². The smallest absolute Gasteiger partial charge is 0.347 e.